The highest BCUT2D eigenvalue weighted by atomic mass is 14.7. The highest BCUT2D eigenvalue weighted by Gasteiger charge is 2.27. The van der Waals surface area contributed by atoms with Gasteiger partial charge in [-0.1, -0.05) is 26.7 Å². The molecule has 0 aromatic rings. The van der Waals surface area contributed by atoms with Gasteiger partial charge in [-0.25, -0.2) is 0 Å². The summed E-state index contributed by atoms with van der Waals surface area (Å²) < 4.78 is 0. The molecule has 0 saturated heterocycles. The van der Waals surface area contributed by atoms with E-state index in [9.17, 15) is 0 Å². The maximum atomic E-state index is 4.40. The Bertz CT molecular complexity index is 156. The fourth-order valence-corrected chi connectivity index (χ4v) is 2.50. The van der Waals surface area contributed by atoms with E-state index in [-0.39, 0.29) is 0 Å². The van der Waals surface area contributed by atoms with Crippen molar-refractivity contribution in [2.75, 3.05) is 7.05 Å². The third-order valence-corrected chi connectivity index (χ3v) is 3.28. The van der Waals surface area contributed by atoms with Crippen molar-refractivity contribution in [3.05, 3.63) is 0 Å². The Balaban J connectivity index is 2.59. The van der Waals surface area contributed by atoms with Crippen LogP contribution in [-0.2, 0) is 0 Å². The van der Waals surface area contributed by atoms with Crippen LogP contribution in [-0.4, -0.2) is 12.8 Å². The zero-order chi connectivity index (χ0) is 8.97. The van der Waals surface area contributed by atoms with Gasteiger partial charge in [0.15, 0.2) is 0 Å². The highest BCUT2D eigenvalue weighted by Crippen LogP contribution is 2.32. The Morgan fingerprint density at radius 3 is 2.58 bits per heavy atom. The van der Waals surface area contributed by atoms with E-state index in [1.54, 1.807) is 0 Å². The van der Waals surface area contributed by atoms with Crippen LogP contribution in [0.5, 0.6) is 0 Å². The van der Waals surface area contributed by atoms with Crippen molar-refractivity contribution in [3.8, 4) is 0 Å². The van der Waals surface area contributed by atoms with Crippen molar-refractivity contribution < 1.29 is 0 Å². The summed E-state index contributed by atoms with van der Waals surface area (Å²) in [5, 5.41) is 0. The Morgan fingerprint density at radius 2 is 2.08 bits per heavy atom. The van der Waals surface area contributed by atoms with E-state index in [1.807, 2.05) is 7.05 Å². The first-order chi connectivity index (χ1) is 5.83. The number of rotatable bonds is 3. The molecule has 0 aromatic heterocycles. The van der Waals surface area contributed by atoms with Gasteiger partial charge >= 0.3 is 0 Å². The van der Waals surface area contributed by atoms with Crippen LogP contribution < -0.4 is 0 Å². The first kappa shape index (κ1) is 9.76. The summed E-state index contributed by atoms with van der Waals surface area (Å²) in [4.78, 5) is 4.40. The predicted octanol–water partition coefficient (Wildman–Crippen LogP) is 3.29. The maximum absolute atomic E-state index is 4.40. The van der Waals surface area contributed by atoms with Crippen molar-refractivity contribution in [3.63, 3.8) is 0 Å². The third kappa shape index (κ3) is 1.88. The summed E-state index contributed by atoms with van der Waals surface area (Å²) in [7, 11) is 1.95. The van der Waals surface area contributed by atoms with Gasteiger partial charge in [0.05, 0.1) is 0 Å². The minimum absolute atomic E-state index is 0.824. The second-order valence-corrected chi connectivity index (χ2v) is 3.79. The van der Waals surface area contributed by atoms with Crippen molar-refractivity contribution in [2.45, 2.75) is 46.0 Å². The molecule has 0 bridgehead atoms. The van der Waals surface area contributed by atoms with E-state index in [0.717, 1.165) is 11.8 Å². The van der Waals surface area contributed by atoms with E-state index in [0.29, 0.717) is 0 Å². The first-order valence-electron chi connectivity index (χ1n) is 5.29. The van der Waals surface area contributed by atoms with Crippen molar-refractivity contribution in [2.24, 2.45) is 16.8 Å². The predicted molar refractivity (Wildman–Crippen MR) is 54.8 cm³/mol. The van der Waals surface area contributed by atoms with Gasteiger partial charge in [0.25, 0.3) is 0 Å². The van der Waals surface area contributed by atoms with Gasteiger partial charge < -0.3 is 0 Å². The van der Waals surface area contributed by atoms with Gasteiger partial charge in [0, 0.05) is 12.8 Å². The molecule has 0 spiro atoms. The molecule has 0 amide bonds. The number of hydrogen-bond acceptors (Lipinski definition) is 1. The Labute approximate surface area is 76.3 Å². The zero-order valence-electron chi connectivity index (χ0n) is 8.64. The molecule has 1 fully saturated rings. The zero-order valence-corrected chi connectivity index (χ0v) is 8.64. The minimum Gasteiger partial charge on any atom is -0.297 e. The lowest BCUT2D eigenvalue weighted by Gasteiger charge is -2.20. The van der Waals surface area contributed by atoms with E-state index >= 15 is 0 Å². The molecule has 0 heterocycles. The topological polar surface area (TPSA) is 12.4 Å². The van der Waals surface area contributed by atoms with Crippen molar-refractivity contribution in [1.82, 2.24) is 0 Å². The average molecular weight is 167 g/mol. The lowest BCUT2D eigenvalue weighted by Crippen LogP contribution is -2.17. The number of aliphatic imine (C=N–C) groups is 1. The summed E-state index contributed by atoms with van der Waals surface area (Å²) in [6.07, 6.45) is 6.66. The summed E-state index contributed by atoms with van der Waals surface area (Å²) in [6.45, 7) is 4.61. The summed E-state index contributed by atoms with van der Waals surface area (Å²) in [5.41, 5.74) is 1.49. The van der Waals surface area contributed by atoms with Gasteiger partial charge in [0.1, 0.15) is 0 Å². The van der Waals surface area contributed by atoms with Crippen LogP contribution in [0.25, 0.3) is 0 Å². The molecule has 1 nitrogen and oxygen atoms in total. The minimum atomic E-state index is 0.824. The SMILES string of the molecule is CCC(CC)C1CCCC1=NC. The molecule has 0 N–H and O–H groups in total. The molecule has 70 valence electrons. The number of nitrogens with zero attached hydrogens (tertiary/aromatic N) is 1. The Hall–Kier alpha value is -0.330. The highest BCUT2D eigenvalue weighted by molar-refractivity contribution is 5.88. The first-order valence-corrected chi connectivity index (χ1v) is 5.29. The van der Waals surface area contributed by atoms with Crippen LogP contribution in [0.4, 0.5) is 0 Å². The lowest BCUT2D eigenvalue weighted by atomic mass is 9.86. The standard InChI is InChI=1S/C11H21N/c1-4-9(5-2)10-7-6-8-11(10)12-3/h9-10H,4-8H2,1-3H3. The monoisotopic (exact) mass is 167 g/mol. The molecule has 1 rings (SSSR count). The molecule has 0 aliphatic heterocycles. The molecule has 1 unspecified atom stereocenters. The van der Waals surface area contributed by atoms with E-state index in [1.165, 1.54) is 37.8 Å². The molecule has 1 atom stereocenters. The Kier molecular flexibility index (Phi) is 3.77. The summed E-state index contributed by atoms with van der Waals surface area (Å²) in [5.74, 6) is 1.72. The molecule has 1 aliphatic rings. The molecular formula is C11H21N. The van der Waals surface area contributed by atoms with Crippen LogP contribution in [0.3, 0.4) is 0 Å². The maximum Gasteiger partial charge on any atom is 0.0276 e. The largest absolute Gasteiger partial charge is 0.297 e. The normalized spacial score (nSPS) is 27.3. The van der Waals surface area contributed by atoms with Gasteiger partial charge in [-0.15, -0.1) is 0 Å². The smallest absolute Gasteiger partial charge is 0.0276 e. The molecule has 1 aliphatic carbocycles. The molecular weight excluding hydrogens is 146 g/mol. The molecule has 12 heavy (non-hydrogen) atoms. The molecule has 1 heteroatoms. The van der Waals surface area contributed by atoms with E-state index < -0.39 is 0 Å². The van der Waals surface area contributed by atoms with Gasteiger partial charge in [-0.05, 0) is 31.1 Å². The third-order valence-electron chi connectivity index (χ3n) is 3.28. The summed E-state index contributed by atoms with van der Waals surface area (Å²) in [6, 6.07) is 0. The average Bonchev–Trinajstić information content (AvgIpc) is 2.55. The van der Waals surface area contributed by atoms with E-state index in [2.05, 4.69) is 18.8 Å². The second-order valence-electron chi connectivity index (χ2n) is 3.79. The second kappa shape index (κ2) is 4.64. The fourth-order valence-electron chi connectivity index (χ4n) is 2.50. The molecule has 1 saturated carbocycles. The van der Waals surface area contributed by atoms with Gasteiger partial charge in [-0.3, -0.25) is 4.99 Å². The van der Waals surface area contributed by atoms with Crippen LogP contribution in [0.1, 0.15) is 46.0 Å². The Morgan fingerprint density at radius 1 is 1.42 bits per heavy atom. The van der Waals surface area contributed by atoms with Crippen LogP contribution in [0, 0.1) is 11.8 Å². The van der Waals surface area contributed by atoms with Crippen LogP contribution >= 0.6 is 0 Å². The molecule has 0 aromatic carbocycles. The molecule has 0 radical (unpaired) electrons. The van der Waals surface area contributed by atoms with Crippen LogP contribution in [0.15, 0.2) is 4.99 Å². The summed E-state index contributed by atoms with van der Waals surface area (Å²) >= 11 is 0. The number of hydrogen-bond donors (Lipinski definition) is 0. The van der Waals surface area contributed by atoms with Gasteiger partial charge in [0.2, 0.25) is 0 Å². The lowest BCUT2D eigenvalue weighted by molar-refractivity contribution is 0.387. The fraction of sp³-hybridized carbons (Fsp3) is 0.909. The van der Waals surface area contributed by atoms with Crippen LogP contribution in [0.2, 0.25) is 0 Å². The van der Waals surface area contributed by atoms with Crippen molar-refractivity contribution >= 4 is 5.71 Å². The van der Waals surface area contributed by atoms with Gasteiger partial charge in [-0.2, -0.15) is 0 Å². The van der Waals surface area contributed by atoms with Crippen molar-refractivity contribution in [1.29, 1.82) is 0 Å². The van der Waals surface area contributed by atoms with E-state index in [4.69, 9.17) is 0 Å². The quantitative estimate of drug-likeness (QED) is 0.611.